The first-order valence-corrected chi connectivity index (χ1v) is 13.0. The number of tetrazole rings is 1. The van der Waals surface area contributed by atoms with Crippen LogP contribution in [0.25, 0.3) is 10.9 Å². The van der Waals surface area contributed by atoms with E-state index in [9.17, 15) is 4.79 Å². The first kappa shape index (κ1) is 26.4. The van der Waals surface area contributed by atoms with Gasteiger partial charge in [0.2, 0.25) is 0 Å². The number of hydrogen-bond acceptors (Lipinski definition) is 7. The van der Waals surface area contributed by atoms with E-state index < -0.39 is 11.6 Å². The van der Waals surface area contributed by atoms with Crippen LogP contribution in [0.5, 0.6) is 5.75 Å². The van der Waals surface area contributed by atoms with Gasteiger partial charge >= 0.3 is 0 Å². The van der Waals surface area contributed by atoms with Crippen molar-refractivity contribution < 1.29 is 9.15 Å². The number of aromatic amines is 1. The first-order chi connectivity index (χ1) is 18.7. The molecule has 5 rings (SSSR count). The highest BCUT2D eigenvalue weighted by molar-refractivity contribution is 5.85. The Morgan fingerprint density at radius 1 is 1.05 bits per heavy atom. The fraction of sp³-hybridized carbons (Fsp3) is 0.333. The highest BCUT2D eigenvalue weighted by atomic mass is 16.5. The number of furan rings is 1. The molecule has 3 heterocycles. The Bertz CT molecular complexity index is 1630. The number of aryl methyl sites for hydroxylation is 2. The summed E-state index contributed by atoms with van der Waals surface area (Å²) in [6.45, 7) is 11.1. The molecule has 0 fully saturated rings. The van der Waals surface area contributed by atoms with Crippen LogP contribution in [-0.2, 0) is 18.6 Å². The number of nitrogens with zero attached hydrogens (tertiary/aromatic N) is 5. The summed E-state index contributed by atoms with van der Waals surface area (Å²) in [5, 5.41) is 13.9. The third-order valence-corrected chi connectivity index (χ3v) is 6.99. The lowest BCUT2D eigenvalue weighted by molar-refractivity contribution is 0.171. The molecule has 1 atom stereocenters. The van der Waals surface area contributed by atoms with Crippen molar-refractivity contribution in [2.45, 2.75) is 59.3 Å². The number of H-pyrrole nitrogens is 1. The summed E-state index contributed by atoms with van der Waals surface area (Å²) in [5.41, 5.74) is 3.96. The van der Waals surface area contributed by atoms with Crippen LogP contribution in [0.15, 0.2) is 70.1 Å². The molecule has 0 radical (unpaired) electrons. The second-order valence-corrected chi connectivity index (χ2v) is 10.9. The highest BCUT2D eigenvalue weighted by Crippen LogP contribution is 2.33. The normalized spacial score (nSPS) is 12.8. The smallest absolute Gasteiger partial charge is 0.253 e. The van der Waals surface area contributed by atoms with Gasteiger partial charge in [-0.05, 0) is 92.1 Å². The second-order valence-electron chi connectivity index (χ2n) is 10.9. The van der Waals surface area contributed by atoms with Crippen molar-refractivity contribution in [3.05, 3.63) is 105 Å². The fourth-order valence-corrected chi connectivity index (χ4v) is 4.94. The minimum absolute atomic E-state index is 0.177. The maximum Gasteiger partial charge on any atom is 0.253 e. The summed E-state index contributed by atoms with van der Waals surface area (Å²) in [6.07, 6.45) is 1.66. The minimum Gasteiger partial charge on any atom is -0.497 e. The van der Waals surface area contributed by atoms with Crippen molar-refractivity contribution >= 4 is 10.9 Å². The predicted molar refractivity (Wildman–Crippen MR) is 150 cm³/mol. The van der Waals surface area contributed by atoms with E-state index in [-0.39, 0.29) is 5.56 Å². The van der Waals surface area contributed by atoms with Crippen LogP contribution in [0, 0.1) is 13.8 Å². The maximum atomic E-state index is 13.8. The zero-order chi connectivity index (χ0) is 27.7. The van der Waals surface area contributed by atoms with Crippen LogP contribution >= 0.6 is 0 Å². The Kier molecular flexibility index (Phi) is 7.10. The van der Waals surface area contributed by atoms with Gasteiger partial charge in [0, 0.05) is 17.5 Å². The number of benzene rings is 2. The van der Waals surface area contributed by atoms with Gasteiger partial charge < -0.3 is 14.1 Å². The van der Waals surface area contributed by atoms with Gasteiger partial charge in [-0.25, -0.2) is 4.68 Å². The lowest BCUT2D eigenvalue weighted by atomic mass is 9.98. The standard InChI is InChI=1S/C30H34N6O3/c1-19-9-10-20(2)26-24(19)16-25(29(37)31-26)27(28-32-33-34-36(28)30(3,4)5)35(18-23-8-7-15-39-23)17-21-11-13-22(38-6)14-12-21/h7-16,27H,17-18H2,1-6H3,(H,31,37). The number of hydrogen-bond donors (Lipinski definition) is 1. The molecular formula is C30H34N6O3. The molecule has 1 unspecified atom stereocenters. The Balaban J connectivity index is 1.73. The number of ether oxygens (including phenoxy) is 1. The van der Waals surface area contributed by atoms with Gasteiger partial charge in [0.05, 0.1) is 31.0 Å². The number of fused-ring (bicyclic) bond motifs is 1. The summed E-state index contributed by atoms with van der Waals surface area (Å²) in [6, 6.07) is 17.2. The number of rotatable bonds is 8. The Hall–Kier alpha value is -4.24. The topological polar surface area (TPSA) is 102 Å². The lowest BCUT2D eigenvalue weighted by Crippen LogP contribution is -2.37. The highest BCUT2D eigenvalue weighted by Gasteiger charge is 2.34. The van der Waals surface area contributed by atoms with Gasteiger partial charge in [-0.15, -0.1) is 5.10 Å². The molecule has 39 heavy (non-hydrogen) atoms. The summed E-state index contributed by atoms with van der Waals surface area (Å²) < 4.78 is 12.9. The second kappa shape index (κ2) is 10.5. The first-order valence-electron chi connectivity index (χ1n) is 13.0. The van der Waals surface area contributed by atoms with E-state index in [0.717, 1.165) is 39.1 Å². The van der Waals surface area contributed by atoms with E-state index in [1.807, 2.05) is 76.2 Å². The molecule has 0 aliphatic rings. The van der Waals surface area contributed by atoms with E-state index in [0.29, 0.717) is 24.5 Å². The Morgan fingerprint density at radius 3 is 2.46 bits per heavy atom. The molecule has 202 valence electrons. The zero-order valence-electron chi connectivity index (χ0n) is 23.2. The largest absolute Gasteiger partial charge is 0.497 e. The molecule has 9 heteroatoms. The van der Waals surface area contributed by atoms with Gasteiger partial charge in [0.25, 0.3) is 5.56 Å². The molecule has 0 saturated heterocycles. The third-order valence-electron chi connectivity index (χ3n) is 6.99. The summed E-state index contributed by atoms with van der Waals surface area (Å²) in [5.74, 6) is 2.13. The molecule has 3 aromatic heterocycles. The molecule has 9 nitrogen and oxygen atoms in total. The van der Waals surface area contributed by atoms with Crippen molar-refractivity contribution in [3.8, 4) is 5.75 Å². The fourth-order valence-electron chi connectivity index (χ4n) is 4.94. The summed E-state index contributed by atoms with van der Waals surface area (Å²) >= 11 is 0. The zero-order valence-corrected chi connectivity index (χ0v) is 23.2. The summed E-state index contributed by atoms with van der Waals surface area (Å²) in [4.78, 5) is 19.2. The lowest BCUT2D eigenvalue weighted by Gasteiger charge is -2.32. The van der Waals surface area contributed by atoms with Crippen LogP contribution in [0.2, 0.25) is 0 Å². The van der Waals surface area contributed by atoms with E-state index in [1.165, 1.54) is 0 Å². The van der Waals surface area contributed by atoms with Gasteiger partial charge in [-0.3, -0.25) is 9.69 Å². The van der Waals surface area contributed by atoms with E-state index in [1.54, 1.807) is 18.1 Å². The van der Waals surface area contributed by atoms with Crippen molar-refractivity contribution in [2.75, 3.05) is 7.11 Å². The number of methoxy groups -OCH3 is 1. The van der Waals surface area contributed by atoms with Crippen LogP contribution in [0.1, 0.15) is 60.7 Å². The number of nitrogens with one attached hydrogen (secondary N) is 1. The monoisotopic (exact) mass is 526 g/mol. The number of pyridine rings is 1. The van der Waals surface area contributed by atoms with Crippen molar-refractivity contribution in [1.29, 1.82) is 0 Å². The molecule has 0 aliphatic carbocycles. The van der Waals surface area contributed by atoms with Gasteiger partial charge in [-0.2, -0.15) is 0 Å². The quantitative estimate of drug-likeness (QED) is 0.293. The molecule has 0 spiro atoms. The average molecular weight is 527 g/mol. The van der Waals surface area contributed by atoms with E-state index in [4.69, 9.17) is 9.15 Å². The minimum atomic E-state index is -0.570. The maximum absolute atomic E-state index is 13.8. The van der Waals surface area contributed by atoms with Crippen molar-refractivity contribution in [2.24, 2.45) is 0 Å². The molecule has 1 N–H and O–H groups in total. The van der Waals surface area contributed by atoms with Crippen molar-refractivity contribution in [1.82, 2.24) is 30.1 Å². The third kappa shape index (κ3) is 5.35. The van der Waals surface area contributed by atoms with E-state index in [2.05, 4.69) is 38.4 Å². The van der Waals surface area contributed by atoms with Crippen molar-refractivity contribution in [3.63, 3.8) is 0 Å². The van der Waals surface area contributed by atoms with Crippen LogP contribution < -0.4 is 10.3 Å². The van der Waals surface area contributed by atoms with Gasteiger partial charge in [0.1, 0.15) is 17.6 Å². The molecule has 0 amide bonds. The van der Waals surface area contributed by atoms with Crippen LogP contribution in [0.4, 0.5) is 0 Å². The van der Waals surface area contributed by atoms with Crippen LogP contribution in [-0.4, -0.2) is 37.2 Å². The number of aromatic nitrogens is 5. The molecule has 0 saturated carbocycles. The Labute approximate surface area is 227 Å². The van der Waals surface area contributed by atoms with Gasteiger partial charge in [-0.1, -0.05) is 24.3 Å². The predicted octanol–water partition coefficient (Wildman–Crippen LogP) is 5.28. The molecule has 0 aliphatic heterocycles. The molecule has 0 bridgehead atoms. The summed E-state index contributed by atoms with van der Waals surface area (Å²) in [7, 11) is 1.65. The molecule has 2 aromatic carbocycles. The molecule has 5 aromatic rings. The van der Waals surface area contributed by atoms with Crippen LogP contribution in [0.3, 0.4) is 0 Å². The van der Waals surface area contributed by atoms with E-state index >= 15 is 0 Å². The SMILES string of the molecule is COc1ccc(CN(Cc2ccco2)C(c2cc3c(C)ccc(C)c3[nH]c2=O)c2nnnn2C(C)(C)C)cc1. The van der Waals surface area contributed by atoms with Gasteiger partial charge in [0.15, 0.2) is 5.82 Å². The molecular weight excluding hydrogens is 492 g/mol. The average Bonchev–Trinajstić information content (AvgIpc) is 3.60. The Morgan fingerprint density at radius 2 is 1.79 bits per heavy atom.